The van der Waals surface area contributed by atoms with Crippen LogP contribution in [0.15, 0.2) is 52.3 Å². The maximum atomic E-state index is 12.7. The Morgan fingerprint density at radius 3 is 2.17 bits per heavy atom. The molecule has 0 saturated carbocycles. The molecule has 0 saturated heterocycles. The lowest BCUT2D eigenvalue weighted by molar-refractivity contribution is -0.394. The third kappa shape index (κ3) is 4.03. The van der Waals surface area contributed by atoms with Crippen LogP contribution in [0.1, 0.15) is 11.3 Å². The normalized spacial score (nSPS) is 11.0. The molecule has 1 heterocycles. The summed E-state index contributed by atoms with van der Waals surface area (Å²) in [5.41, 5.74) is -0.0344. The molecule has 3 rings (SSSR count). The van der Waals surface area contributed by atoms with Crippen molar-refractivity contribution in [2.24, 2.45) is 4.99 Å². The fraction of sp³-hybridized carbons (Fsp3) is 0.111. The third-order valence-corrected chi connectivity index (χ3v) is 4.10. The van der Waals surface area contributed by atoms with E-state index in [1.54, 1.807) is 31.2 Å². The quantitative estimate of drug-likeness (QED) is 0.384. The summed E-state index contributed by atoms with van der Waals surface area (Å²) in [5, 5.41) is 24.9. The monoisotopic (exact) mass is 397 g/mol. The highest BCUT2D eigenvalue weighted by atomic mass is 16.6. The van der Waals surface area contributed by atoms with Gasteiger partial charge in [-0.25, -0.2) is 4.68 Å². The van der Waals surface area contributed by atoms with E-state index >= 15 is 0 Å². The number of nitrogens with zero attached hydrogens (tertiary/aromatic N) is 4. The minimum Gasteiger partial charge on any atom is -0.497 e. The topological polar surface area (TPSA) is 146 Å². The Morgan fingerprint density at radius 1 is 1.07 bits per heavy atom. The number of nitro groups is 2. The first kappa shape index (κ1) is 19.5. The van der Waals surface area contributed by atoms with Crippen molar-refractivity contribution in [3.8, 4) is 11.4 Å². The van der Waals surface area contributed by atoms with Crippen molar-refractivity contribution in [2.75, 3.05) is 7.11 Å². The molecule has 0 amide bonds. The minimum absolute atomic E-state index is 0.0121. The first-order valence-corrected chi connectivity index (χ1v) is 8.24. The van der Waals surface area contributed by atoms with Gasteiger partial charge in [-0.3, -0.25) is 35.1 Å². The van der Waals surface area contributed by atoms with Gasteiger partial charge >= 0.3 is 0 Å². The number of aryl methyl sites for hydroxylation is 1. The maximum absolute atomic E-state index is 12.7. The molecule has 11 heteroatoms. The van der Waals surface area contributed by atoms with Gasteiger partial charge in [0.1, 0.15) is 5.75 Å². The fourth-order valence-corrected chi connectivity index (χ4v) is 2.63. The molecule has 0 radical (unpaired) electrons. The number of benzene rings is 2. The standard InChI is InChI=1S/C18H15N5O6/c1-11-17(18(24)21(20-11)13-3-5-16(29-2)6-4-13)10-19-12-7-14(22(25)26)9-15(8-12)23(27)28/h3-10,20H,1-2H3. The second-order valence-corrected chi connectivity index (χ2v) is 5.97. The molecule has 2 aromatic carbocycles. The fourth-order valence-electron chi connectivity index (χ4n) is 2.63. The third-order valence-electron chi connectivity index (χ3n) is 4.10. The summed E-state index contributed by atoms with van der Waals surface area (Å²) in [6, 6.07) is 9.82. The smallest absolute Gasteiger partial charge is 0.280 e. The van der Waals surface area contributed by atoms with Crippen molar-refractivity contribution in [3.05, 3.63) is 84.3 Å². The van der Waals surface area contributed by atoms with Crippen molar-refractivity contribution in [1.82, 2.24) is 9.78 Å². The Labute approximate surface area is 163 Å². The molecular formula is C18H15N5O6. The SMILES string of the molecule is COc1ccc(-n2[nH]c(C)c(C=Nc3cc([N+](=O)[O-])cc([N+](=O)[O-])c3)c2=O)cc1. The van der Waals surface area contributed by atoms with Crippen LogP contribution in [-0.2, 0) is 0 Å². The highest BCUT2D eigenvalue weighted by molar-refractivity contribution is 5.83. The number of ether oxygens (including phenoxy) is 1. The molecule has 0 fully saturated rings. The molecule has 0 atom stereocenters. The lowest BCUT2D eigenvalue weighted by Gasteiger charge is -2.03. The molecule has 1 N–H and O–H groups in total. The number of aliphatic imine (C=N–C) groups is 1. The number of rotatable bonds is 6. The van der Waals surface area contributed by atoms with Gasteiger partial charge in [-0.2, -0.15) is 0 Å². The summed E-state index contributed by atoms with van der Waals surface area (Å²) in [5.74, 6) is 0.638. The van der Waals surface area contributed by atoms with E-state index in [2.05, 4.69) is 10.1 Å². The highest BCUT2D eigenvalue weighted by Gasteiger charge is 2.16. The summed E-state index contributed by atoms with van der Waals surface area (Å²) in [6.45, 7) is 1.67. The van der Waals surface area contributed by atoms with Crippen LogP contribution in [-0.4, -0.2) is 33.0 Å². The molecule has 29 heavy (non-hydrogen) atoms. The van der Waals surface area contributed by atoms with Gasteiger partial charge < -0.3 is 4.74 Å². The molecule has 148 valence electrons. The molecular weight excluding hydrogens is 382 g/mol. The predicted molar refractivity (Wildman–Crippen MR) is 105 cm³/mol. The van der Waals surface area contributed by atoms with E-state index in [9.17, 15) is 25.0 Å². The molecule has 0 bridgehead atoms. The molecule has 0 unspecified atom stereocenters. The van der Waals surface area contributed by atoms with Crippen LogP contribution in [0.5, 0.6) is 5.75 Å². The largest absolute Gasteiger partial charge is 0.497 e. The van der Waals surface area contributed by atoms with Gasteiger partial charge in [-0.15, -0.1) is 0 Å². The molecule has 3 aromatic rings. The van der Waals surface area contributed by atoms with Gasteiger partial charge in [0.15, 0.2) is 0 Å². The van der Waals surface area contributed by atoms with E-state index in [-0.39, 0.29) is 11.3 Å². The maximum Gasteiger partial charge on any atom is 0.280 e. The molecule has 1 aromatic heterocycles. The number of aromatic nitrogens is 2. The summed E-state index contributed by atoms with van der Waals surface area (Å²) in [4.78, 5) is 37.2. The van der Waals surface area contributed by atoms with Crippen LogP contribution in [0.4, 0.5) is 17.1 Å². The van der Waals surface area contributed by atoms with E-state index in [0.717, 1.165) is 18.2 Å². The number of H-pyrrole nitrogens is 1. The Morgan fingerprint density at radius 2 is 1.66 bits per heavy atom. The summed E-state index contributed by atoms with van der Waals surface area (Å²) >= 11 is 0. The van der Waals surface area contributed by atoms with Crippen LogP contribution >= 0.6 is 0 Å². The molecule has 0 spiro atoms. The van der Waals surface area contributed by atoms with Crippen molar-refractivity contribution in [3.63, 3.8) is 0 Å². The summed E-state index contributed by atoms with van der Waals surface area (Å²) in [6.07, 6.45) is 1.22. The van der Waals surface area contributed by atoms with Crippen molar-refractivity contribution >= 4 is 23.3 Å². The first-order valence-electron chi connectivity index (χ1n) is 8.24. The average Bonchev–Trinajstić information content (AvgIpc) is 2.99. The highest BCUT2D eigenvalue weighted by Crippen LogP contribution is 2.27. The zero-order valence-corrected chi connectivity index (χ0v) is 15.4. The van der Waals surface area contributed by atoms with Gasteiger partial charge in [-0.05, 0) is 31.2 Å². The Hall–Kier alpha value is -4.28. The van der Waals surface area contributed by atoms with Gasteiger partial charge in [0.25, 0.3) is 16.9 Å². The zero-order chi connectivity index (χ0) is 21.1. The first-order chi connectivity index (χ1) is 13.8. The summed E-state index contributed by atoms with van der Waals surface area (Å²) in [7, 11) is 1.53. The van der Waals surface area contributed by atoms with Gasteiger partial charge in [0.05, 0.1) is 40.0 Å². The van der Waals surface area contributed by atoms with Crippen LogP contribution in [0.3, 0.4) is 0 Å². The van der Waals surface area contributed by atoms with Gasteiger partial charge in [-0.1, -0.05) is 0 Å². The van der Waals surface area contributed by atoms with E-state index in [4.69, 9.17) is 4.74 Å². The van der Waals surface area contributed by atoms with Crippen LogP contribution in [0.2, 0.25) is 0 Å². The second-order valence-electron chi connectivity index (χ2n) is 5.97. The number of hydrogen-bond acceptors (Lipinski definition) is 7. The van der Waals surface area contributed by atoms with E-state index in [1.165, 1.54) is 18.0 Å². The Bertz CT molecular complexity index is 1140. The van der Waals surface area contributed by atoms with E-state index < -0.39 is 26.8 Å². The molecule has 0 aliphatic heterocycles. The van der Waals surface area contributed by atoms with Gasteiger partial charge in [0.2, 0.25) is 0 Å². The minimum atomic E-state index is -0.746. The van der Waals surface area contributed by atoms with E-state index in [1.807, 2.05) is 0 Å². The second kappa shape index (κ2) is 7.76. The molecule has 0 aliphatic rings. The number of hydrogen-bond donors (Lipinski definition) is 1. The zero-order valence-electron chi connectivity index (χ0n) is 15.4. The Balaban J connectivity index is 1.99. The average molecular weight is 397 g/mol. The number of nitrogens with one attached hydrogen (secondary N) is 1. The predicted octanol–water partition coefficient (Wildman–Crippen LogP) is 3.05. The number of aromatic amines is 1. The Kier molecular flexibility index (Phi) is 5.21. The van der Waals surface area contributed by atoms with Crippen molar-refractivity contribution in [1.29, 1.82) is 0 Å². The number of methoxy groups -OCH3 is 1. The van der Waals surface area contributed by atoms with Crippen LogP contribution < -0.4 is 10.3 Å². The van der Waals surface area contributed by atoms with E-state index in [0.29, 0.717) is 17.1 Å². The molecule has 11 nitrogen and oxygen atoms in total. The number of nitro benzene ring substituents is 2. The lowest BCUT2D eigenvalue weighted by atomic mass is 10.2. The lowest BCUT2D eigenvalue weighted by Crippen LogP contribution is -2.17. The van der Waals surface area contributed by atoms with Crippen molar-refractivity contribution < 1.29 is 14.6 Å². The van der Waals surface area contributed by atoms with Crippen LogP contribution in [0, 0.1) is 27.2 Å². The number of non-ortho nitro benzene ring substituents is 2. The summed E-state index contributed by atoms with van der Waals surface area (Å²) < 4.78 is 6.40. The van der Waals surface area contributed by atoms with Gasteiger partial charge in [0, 0.05) is 24.0 Å². The molecule has 0 aliphatic carbocycles. The van der Waals surface area contributed by atoms with Crippen LogP contribution in [0.25, 0.3) is 5.69 Å². The van der Waals surface area contributed by atoms with Crippen molar-refractivity contribution in [2.45, 2.75) is 6.92 Å².